The lowest BCUT2D eigenvalue weighted by atomic mass is 9.30. The molecule has 0 unspecified atom stereocenters. The molecule has 4 aliphatic rings. The van der Waals surface area contributed by atoms with E-state index in [2.05, 4.69) is 144 Å². The second-order valence-electron chi connectivity index (χ2n) is 14.9. The van der Waals surface area contributed by atoms with Gasteiger partial charge in [-0.1, -0.05) is 126 Å². The molecule has 0 bridgehead atoms. The monoisotopic (exact) mass is 557 g/mol. The van der Waals surface area contributed by atoms with Crippen LogP contribution >= 0.6 is 0 Å². The first-order valence-corrected chi connectivity index (χ1v) is 15.7. The standard InChI is InChI=1S/C40H36BNO/c1-38(2)23-39(3,4)34-27(38)19-20-31-37(34)43-33-18-12-17-30-36(33)42(31)32-22-25(24-13-8-7-9-14-24)21-28-35(32)41(30)29-16-11-10-15-26(29)40(28,5)6/h7-22H,23H2,1-6H3. The highest BCUT2D eigenvalue weighted by Gasteiger charge is 2.50. The lowest BCUT2D eigenvalue weighted by molar-refractivity contribution is 0.393. The summed E-state index contributed by atoms with van der Waals surface area (Å²) in [5.74, 6) is 1.99. The van der Waals surface area contributed by atoms with Crippen LogP contribution in [0.2, 0.25) is 0 Å². The summed E-state index contributed by atoms with van der Waals surface area (Å²) in [5, 5.41) is 0. The molecule has 0 saturated heterocycles. The van der Waals surface area contributed by atoms with Crippen molar-refractivity contribution < 1.29 is 4.74 Å². The van der Waals surface area contributed by atoms with E-state index >= 15 is 0 Å². The van der Waals surface area contributed by atoms with E-state index in [1.165, 1.54) is 61.1 Å². The first-order chi connectivity index (χ1) is 20.6. The van der Waals surface area contributed by atoms with Gasteiger partial charge in [0.2, 0.25) is 6.71 Å². The van der Waals surface area contributed by atoms with E-state index in [-0.39, 0.29) is 23.0 Å². The fourth-order valence-corrected chi connectivity index (χ4v) is 9.33. The Hall–Kier alpha value is -4.24. The predicted molar refractivity (Wildman–Crippen MR) is 181 cm³/mol. The molecular weight excluding hydrogens is 521 g/mol. The summed E-state index contributed by atoms with van der Waals surface area (Å²) in [6.45, 7) is 14.5. The van der Waals surface area contributed by atoms with Crippen molar-refractivity contribution in [3.63, 3.8) is 0 Å². The molecular formula is C40H36BNO. The van der Waals surface area contributed by atoms with E-state index in [0.29, 0.717) is 0 Å². The average Bonchev–Trinajstić information content (AvgIpc) is 3.19. The molecule has 0 radical (unpaired) electrons. The summed E-state index contributed by atoms with van der Waals surface area (Å²) in [4.78, 5) is 2.55. The van der Waals surface area contributed by atoms with Crippen LogP contribution in [0.4, 0.5) is 17.1 Å². The minimum atomic E-state index is -0.143. The fraction of sp³-hybridized carbons (Fsp3) is 0.250. The molecule has 3 heteroatoms. The summed E-state index contributed by atoms with van der Waals surface area (Å²) in [5.41, 5.74) is 15.9. The van der Waals surface area contributed by atoms with Gasteiger partial charge in [0.15, 0.2) is 11.5 Å². The number of hydrogen-bond donors (Lipinski definition) is 0. The molecule has 3 heterocycles. The Morgan fingerprint density at radius 3 is 2.19 bits per heavy atom. The summed E-state index contributed by atoms with van der Waals surface area (Å²) in [6, 6.07) is 36.3. The van der Waals surface area contributed by atoms with E-state index < -0.39 is 0 Å². The molecule has 0 spiro atoms. The van der Waals surface area contributed by atoms with Crippen molar-refractivity contribution in [1.82, 2.24) is 0 Å². The zero-order valence-electron chi connectivity index (χ0n) is 25.9. The van der Waals surface area contributed by atoms with Gasteiger partial charge in [0, 0.05) is 16.7 Å². The summed E-state index contributed by atoms with van der Waals surface area (Å²) >= 11 is 0. The topological polar surface area (TPSA) is 12.5 Å². The molecule has 43 heavy (non-hydrogen) atoms. The summed E-state index contributed by atoms with van der Waals surface area (Å²) < 4.78 is 7.05. The summed E-state index contributed by atoms with van der Waals surface area (Å²) in [7, 11) is 0. The maximum Gasteiger partial charge on any atom is 0.247 e. The Morgan fingerprint density at radius 2 is 1.37 bits per heavy atom. The van der Waals surface area contributed by atoms with Crippen LogP contribution in [0.3, 0.4) is 0 Å². The van der Waals surface area contributed by atoms with Crippen molar-refractivity contribution in [1.29, 1.82) is 0 Å². The Balaban J connectivity index is 1.41. The minimum absolute atomic E-state index is 0.0177. The minimum Gasteiger partial charge on any atom is -0.453 e. The molecule has 0 N–H and O–H groups in total. The molecule has 0 saturated carbocycles. The van der Waals surface area contributed by atoms with Gasteiger partial charge in [-0.2, -0.15) is 0 Å². The van der Waals surface area contributed by atoms with Crippen molar-refractivity contribution >= 4 is 40.2 Å². The molecule has 210 valence electrons. The van der Waals surface area contributed by atoms with Crippen LogP contribution in [0, 0.1) is 0 Å². The van der Waals surface area contributed by atoms with E-state index in [9.17, 15) is 0 Å². The van der Waals surface area contributed by atoms with Crippen molar-refractivity contribution in [3.8, 4) is 22.6 Å². The van der Waals surface area contributed by atoms with Gasteiger partial charge in [-0.15, -0.1) is 0 Å². The Morgan fingerprint density at radius 1 is 0.628 bits per heavy atom. The second kappa shape index (κ2) is 8.02. The predicted octanol–water partition coefficient (Wildman–Crippen LogP) is 8.36. The van der Waals surface area contributed by atoms with Gasteiger partial charge < -0.3 is 9.64 Å². The van der Waals surface area contributed by atoms with Crippen LogP contribution in [0.15, 0.2) is 97.1 Å². The van der Waals surface area contributed by atoms with E-state index in [4.69, 9.17) is 4.74 Å². The molecule has 5 aromatic rings. The van der Waals surface area contributed by atoms with Crippen LogP contribution in [0.25, 0.3) is 11.1 Å². The van der Waals surface area contributed by atoms with Crippen LogP contribution < -0.4 is 26.0 Å². The van der Waals surface area contributed by atoms with Crippen LogP contribution in [0.1, 0.15) is 70.2 Å². The molecule has 5 aromatic carbocycles. The maximum atomic E-state index is 7.05. The number of rotatable bonds is 1. The Labute approximate surface area is 255 Å². The SMILES string of the molecule is CC1(C)CC(C)(C)c2c1ccc1c2Oc2cccc3c2N1c1cc(-c2ccccc2)cc2c1B3c1ccccc1C2(C)C. The number of anilines is 3. The third kappa shape index (κ3) is 3.15. The highest BCUT2D eigenvalue weighted by atomic mass is 16.5. The van der Waals surface area contributed by atoms with Gasteiger partial charge in [0.25, 0.3) is 0 Å². The smallest absolute Gasteiger partial charge is 0.247 e. The largest absolute Gasteiger partial charge is 0.453 e. The van der Waals surface area contributed by atoms with Crippen LogP contribution in [-0.2, 0) is 16.2 Å². The molecule has 0 fully saturated rings. The third-order valence-corrected chi connectivity index (χ3v) is 10.9. The highest BCUT2D eigenvalue weighted by Crippen LogP contribution is 2.60. The number of fused-ring (bicyclic) bond motifs is 8. The molecule has 0 atom stereocenters. The number of hydrogen-bond acceptors (Lipinski definition) is 2. The second-order valence-corrected chi connectivity index (χ2v) is 14.9. The molecule has 3 aliphatic heterocycles. The normalized spacial score (nSPS) is 18.6. The third-order valence-electron chi connectivity index (χ3n) is 10.9. The van der Waals surface area contributed by atoms with Gasteiger partial charge >= 0.3 is 0 Å². The number of benzene rings is 5. The highest BCUT2D eigenvalue weighted by molar-refractivity contribution is 6.99. The summed E-state index contributed by atoms with van der Waals surface area (Å²) in [6.07, 6.45) is 1.11. The quantitative estimate of drug-likeness (QED) is 0.188. The van der Waals surface area contributed by atoms with Crippen molar-refractivity contribution in [3.05, 3.63) is 119 Å². The van der Waals surface area contributed by atoms with Gasteiger partial charge in [0.05, 0.1) is 11.4 Å². The number of ether oxygens (including phenoxy) is 1. The van der Waals surface area contributed by atoms with Crippen molar-refractivity contribution in [2.75, 3.05) is 4.90 Å². The Bertz CT molecular complexity index is 2020. The fourth-order valence-electron chi connectivity index (χ4n) is 9.33. The Kier molecular flexibility index (Phi) is 4.72. The first kappa shape index (κ1) is 25.3. The number of para-hydroxylation sites is 1. The zero-order valence-corrected chi connectivity index (χ0v) is 25.9. The molecule has 2 nitrogen and oxygen atoms in total. The van der Waals surface area contributed by atoms with Gasteiger partial charge in [-0.25, -0.2) is 0 Å². The van der Waals surface area contributed by atoms with Crippen molar-refractivity contribution in [2.24, 2.45) is 0 Å². The molecule has 1 aliphatic carbocycles. The number of nitrogens with zero attached hydrogens (tertiary/aromatic N) is 1. The van der Waals surface area contributed by atoms with Gasteiger partial charge in [-0.05, 0) is 74.2 Å². The lowest BCUT2D eigenvalue weighted by Gasteiger charge is -2.47. The van der Waals surface area contributed by atoms with Crippen molar-refractivity contribution in [2.45, 2.75) is 64.2 Å². The van der Waals surface area contributed by atoms with E-state index in [0.717, 1.165) is 23.6 Å². The van der Waals surface area contributed by atoms with E-state index in [1.807, 2.05) is 0 Å². The van der Waals surface area contributed by atoms with Crippen LogP contribution in [0.5, 0.6) is 11.5 Å². The first-order valence-electron chi connectivity index (χ1n) is 15.7. The lowest BCUT2D eigenvalue weighted by Crippen LogP contribution is -2.64. The van der Waals surface area contributed by atoms with Crippen LogP contribution in [-0.4, -0.2) is 6.71 Å². The molecule has 9 rings (SSSR count). The maximum absolute atomic E-state index is 7.05. The average molecular weight is 558 g/mol. The molecule has 0 aromatic heterocycles. The van der Waals surface area contributed by atoms with Gasteiger partial charge in [0.1, 0.15) is 0 Å². The molecule has 0 amide bonds. The van der Waals surface area contributed by atoms with E-state index in [1.54, 1.807) is 0 Å². The van der Waals surface area contributed by atoms with Gasteiger partial charge in [-0.3, -0.25) is 0 Å². The zero-order chi connectivity index (χ0) is 29.5.